The first kappa shape index (κ1) is 11.5. The first-order chi connectivity index (χ1) is 6.40. The van der Waals surface area contributed by atoms with Crippen molar-refractivity contribution >= 4 is 11.3 Å². The number of aliphatic hydroxyl groups is 1. The van der Waals surface area contributed by atoms with Crippen LogP contribution in [0.15, 0.2) is 17.5 Å². The van der Waals surface area contributed by atoms with Gasteiger partial charge in [-0.2, -0.15) is 13.2 Å². The average Bonchev–Trinajstić information content (AvgIpc) is 2.51. The summed E-state index contributed by atoms with van der Waals surface area (Å²) in [5.41, 5.74) is 5.23. The van der Waals surface area contributed by atoms with E-state index < -0.39 is 24.7 Å². The summed E-state index contributed by atoms with van der Waals surface area (Å²) in [5, 5.41) is 11.1. The van der Waals surface area contributed by atoms with E-state index in [9.17, 15) is 18.3 Å². The molecule has 2 unspecified atom stereocenters. The molecule has 14 heavy (non-hydrogen) atoms. The van der Waals surface area contributed by atoms with Crippen LogP contribution in [-0.4, -0.2) is 17.3 Å². The number of rotatable bonds is 3. The Morgan fingerprint density at radius 1 is 1.50 bits per heavy atom. The third-order valence-corrected chi connectivity index (χ3v) is 2.65. The van der Waals surface area contributed by atoms with Crippen molar-refractivity contribution in [1.29, 1.82) is 0 Å². The van der Waals surface area contributed by atoms with Crippen LogP contribution in [0.2, 0.25) is 0 Å². The number of alkyl halides is 3. The van der Waals surface area contributed by atoms with Gasteiger partial charge < -0.3 is 10.8 Å². The molecule has 2 nitrogen and oxygen atoms in total. The van der Waals surface area contributed by atoms with E-state index in [1.807, 2.05) is 0 Å². The highest BCUT2D eigenvalue weighted by molar-refractivity contribution is 7.10. The lowest BCUT2D eigenvalue weighted by atomic mass is 10.1. The van der Waals surface area contributed by atoms with Gasteiger partial charge in [-0.05, 0) is 11.4 Å². The number of hydrogen-bond donors (Lipinski definition) is 2. The molecular weight excluding hydrogens is 215 g/mol. The predicted molar refractivity (Wildman–Crippen MR) is 47.9 cm³/mol. The lowest BCUT2D eigenvalue weighted by molar-refractivity contribution is -0.143. The largest absolute Gasteiger partial charge is 0.390 e. The minimum atomic E-state index is -4.34. The Hall–Kier alpha value is -0.590. The molecule has 2 atom stereocenters. The molecule has 0 fully saturated rings. The van der Waals surface area contributed by atoms with Crippen LogP contribution in [0.4, 0.5) is 13.2 Å². The van der Waals surface area contributed by atoms with E-state index in [1.54, 1.807) is 17.5 Å². The molecule has 0 amide bonds. The summed E-state index contributed by atoms with van der Waals surface area (Å²) in [6, 6.07) is 1.92. The maximum atomic E-state index is 11.9. The van der Waals surface area contributed by atoms with Gasteiger partial charge in [0.15, 0.2) is 0 Å². The first-order valence-corrected chi connectivity index (χ1v) is 4.82. The SMILES string of the molecule is NC(CC(F)(F)F)C(O)c1cccs1. The zero-order valence-corrected chi connectivity index (χ0v) is 7.98. The van der Waals surface area contributed by atoms with Crippen molar-refractivity contribution in [3.8, 4) is 0 Å². The van der Waals surface area contributed by atoms with Gasteiger partial charge in [-0.15, -0.1) is 11.3 Å². The van der Waals surface area contributed by atoms with Gasteiger partial charge >= 0.3 is 6.18 Å². The van der Waals surface area contributed by atoms with Gasteiger partial charge in [-0.1, -0.05) is 6.07 Å². The summed E-state index contributed by atoms with van der Waals surface area (Å²) in [6.07, 6.45) is -6.75. The summed E-state index contributed by atoms with van der Waals surface area (Å²) < 4.78 is 35.8. The minimum absolute atomic E-state index is 0.460. The van der Waals surface area contributed by atoms with Crippen molar-refractivity contribution in [3.63, 3.8) is 0 Å². The van der Waals surface area contributed by atoms with E-state index in [0.717, 1.165) is 0 Å². The van der Waals surface area contributed by atoms with Crippen LogP contribution in [0, 0.1) is 0 Å². The molecule has 1 rings (SSSR count). The molecular formula is C8H10F3NOS. The summed E-state index contributed by atoms with van der Waals surface area (Å²) in [6.45, 7) is 0. The fourth-order valence-electron chi connectivity index (χ4n) is 1.05. The van der Waals surface area contributed by atoms with E-state index >= 15 is 0 Å². The fraction of sp³-hybridized carbons (Fsp3) is 0.500. The van der Waals surface area contributed by atoms with Gasteiger partial charge in [0.2, 0.25) is 0 Å². The van der Waals surface area contributed by atoms with Gasteiger partial charge in [-0.3, -0.25) is 0 Å². The second-order valence-corrected chi connectivity index (χ2v) is 3.92. The second-order valence-electron chi connectivity index (χ2n) is 2.94. The van der Waals surface area contributed by atoms with Crippen LogP contribution in [0.25, 0.3) is 0 Å². The van der Waals surface area contributed by atoms with Crippen LogP contribution in [0.5, 0.6) is 0 Å². The van der Waals surface area contributed by atoms with Gasteiger partial charge in [0, 0.05) is 10.9 Å². The maximum Gasteiger partial charge on any atom is 0.390 e. The highest BCUT2D eigenvalue weighted by atomic mass is 32.1. The van der Waals surface area contributed by atoms with E-state index in [-0.39, 0.29) is 0 Å². The average molecular weight is 225 g/mol. The van der Waals surface area contributed by atoms with Crippen molar-refractivity contribution in [3.05, 3.63) is 22.4 Å². The lowest BCUT2D eigenvalue weighted by Gasteiger charge is -2.18. The fourth-order valence-corrected chi connectivity index (χ4v) is 1.84. The number of nitrogens with two attached hydrogens (primary N) is 1. The number of hydrogen-bond acceptors (Lipinski definition) is 3. The summed E-state index contributed by atoms with van der Waals surface area (Å²) in [4.78, 5) is 0.460. The topological polar surface area (TPSA) is 46.2 Å². The van der Waals surface area contributed by atoms with Crippen molar-refractivity contribution in [2.24, 2.45) is 5.73 Å². The smallest absolute Gasteiger partial charge is 0.386 e. The van der Waals surface area contributed by atoms with Gasteiger partial charge in [-0.25, -0.2) is 0 Å². The molecule has 0 aliphatic carbocycles. The van der Waals surface area contributed by atoms with E-state index in [0.29, 0.717) is 4.88 Å². The van der Waals surface area contributed by atoms with Crippen molar-refractivity contribution in [2.45, 2.75) is 24.7 Å². The van der Waals surface area contributed by atoms with E-state index in [2.05, 4.69) is 0 Å². The summed E-state index contributed by atoms with van der Waals surface area (Å²) in [5.74, 6) is 0. The number of aliphatic hydroxyl groups excluding tert-OH is 1. The normalized spacial score (nSPS) is 16.6. The van der Waals surface area contributed by atoms with E-state index in [1.165, 1.54) is 11.3 Å². The minimum Gasteiger partial charge on any atom is -0.386 e. The van der Waals surface area contributed by atoms with Crippen LogP contribution in [-0.2, 0) is 0 Å². The third-order valence-electron chi connectivity index (χ3n) is 1.71. The molecule has 0 bridgehead atoms. The second kappa shape index (κ2) is 4.29. The number of halogens is 3. The van der Waals surface area contributed by atoms with Crippen LogP contribution in [0.1, 0.15) is 17.4 Å². The molecule has 0 saturated heterocycles. The van der Waals surface area contributed by atoms with Gasteiger partial charge in [0.05, 0.1) is 6.42 Å². The first-order valence-electron chi connectivity index (χ1n) is 3.94. The highest BCUT2D eigenvalue weighted by Crippen LogP contribution is 2.28. The van der Waals surface area contributed by atoms with Crippen molar-refractivity contribution in [1.82, 2.24) is 0 Å². The molecule has 0 aliphatic heterocycles. The Labute approximate surface area is 83.2 Å². The zero-order chi connectivity index (χ0) is 10.8. The zero-order valence-electron chi connectivity index (χ0n) is 7.16. The Bertz CT molecular complexity index is 273. The molecule has 6 heteroatoms. The molecule has 0 saturated carbocycles. The monoisotopic (exact) mass is 225 g/mol. The summed E-state index contributed by atoms with van der Waals surface area (Å²) in [7, 11) is 0. The van der Waals surface area contributed by atoms with Crippen molar-refractivity contribution < 1.29 is 18.3 Å². The Morgan fingerprint density at radius 2 is 2.14 bits per heavy atom. The quantitative estimate of drug-likeness (QED) is 0.827. The third kappa shape index (κ3) is 3.28. The molecule has 0 radical (unpaired) electrons. The standard InChI is InChI=1S/C8H10F3NOS/c9-8(10,11)4-5(12)7(13)6-2-1-3-14-6/h1-3,5,7,13H,4,12H2. The molecule has 80 valence electrons. The lowest BCUT2D eigenvalue weighted by Crippen LogP contribution is -2.33. The Balaban J connectivity index is 2.57. The molecule has 0 aromatic carbocycles. The molecule has 1 heterocycles. The predicted octanol–water partition coefficient (Wildman–Crippen LogP) is 2.06. The Kier molecular flexibility index (Phi) is 3.52. The number of thiophene rings is 1. The molecule has 0 aliphatic rings. The van der Waals surface area contributed by atoms with Gasteiger partial charge in [0.25, 0.3) is 0 Å². The van der Waals surface area contributed by atoms with Crippen LogP contribution in [0.3, 0.4) is 0 Å². The Morgan fingerprint density at radius 3 is 2.57 bits per heavy atom. The van der Waals surface area contributed by atoms with E-state index in [4.69, 9.17) is 5.73 Å². The molecule has 1 aromatic heterocycles. The molecule has 1 aromatic rings. The van der Waals surface area contributed by atoms with Crippen LogP contribution < -0.4 is 5.73 Å². The maximum absolute atomic E-state index is 11.9. The molecule has 3 N–H and O–H groups in total. The molecule has 0 spiro atoms. The van der Waals surface area contributed by atoms with Crippen molar-refractivity contribution in [2.75, 3.05) is 0 Å². The van der Waals surface area contributed by atoms with Crippen LogP contribution >= 0.6 is 11.3 Å². The highest BCUT2D eigenvalue weighted by Gasteiger charge is 2.33. The summed E-state index contributed by atoms with van der Waals surface area (Å²) >= 11 is 1.19. The van der Waals surface area contributed by atoms with Gasteiger partial charge in [0.1, 0.15) is 6.10 Å².